The maximum atomic E-state index is 12.4. The number of halogens is 1. The number of hydrogen-bond acceptors (Lipinski definition) is 6. The Morgan fingerprint density at radius 2 is 1.97 bits per heavy atom. The quantitative estimate of drug-likeness (QED) is 0.217. The lowest BCUT2D eigenvalue weighted by Gasteiger charge is -2.10. The van der Waals surface area contributed by atoms with Gasteiger partial charge in [0.05, 0.1) is 36.7 Å². The number of fused-ring (bicyclic) bond motifs is 1. The molecule has 0 saturated carbocycles. The van der Waals surface area contributed by atoms with Crippen LogP contribution in [0.4, 0.5) is 0 Å². The summed E-state index contributed by atoms with van der Waals surface area (Å²) < 4.78 is 7.11. The molecule has 0 radical (unpaired) electrons. The number of aromatic hydroxyl groups is 1. The highest BCUT2D eigenvalue weighted by atomic mass is 35.5. The van der Waals surface area contributed by atoms with Crippen LogP contribution in [0.25, 0.3) is 11.0 Å². The number of methoxy groups -OCH3 is 1. The molecule has 1 amide bonds. The van der Waals surface area contributed by atoms with Crippen LogP contribution >= 0.6 is 23.4 Å². The van der Waals surface area contributed by atoms with E-state index in [9.17, 15) is 9.90 Å². The van der Waals surface area contributed by atoms with Gasteiger partial charge in [-0.15, -0.1) is 0 Å². The van der Waals surface area contributed by atoms with Crippen molar-refractivity contribution in [2.75, 3.05) is 12.9 Å². The van der Waals surface area contributed by atoms with E-state index >= 15 is 0 Å². The zero-order chi connectivity index (χ0) is 23.2. The summed E-state index contributed by atoms with van der Waals surface area (Å²) in [4.78, 5) is 17.0. The lowest BCUT2D eigenvalue weighted by molar-refractivity contribution is -0.118. The van der Waals surface area contributed by atoms with E-state index in [0.717, 1.165) is 16.6 Å². The van der Waals surface area contributed by atoms with Gasteiger partial charge >= 0.3 is 0 Å². The molecule has 0 atom stereocenters. The average molecular weight is 481 g/mol. The summed E-state index contributed by atoms with van der Waals surface area (Å²) in [6.45, 7) is 0.539. The van der Waals surface area contributed by atoms with Gasteiger partial charge in [-0.1, -0.05) is 59.8 Å². The van der Waals surface area contributed by atoms with Gasteiger partial charge in [0, 0.05) is 10.6 Å². The zero-order valence-corrected chi connectivity index (χ0v) is 19.3. The van der Waals surface area contributed by atoms with Crippen molar-refractivity contribution in [2.24, 2.45) is 5.10 Å². The number of imidazole rings is 1. The second-order valence-electron chi connectivity index (χ2n) is 7.04. The number of phenolic OH excluding ortho intramolecular Hbond substituents is 1. The van der Waals surface area contributed by atoms with Gasteiger partial charge in [0.1, 0.15) is 0 Å². The molecule has 7 nitrogen and oxygen atoms in total. The molecular formula is C24H21ClN4O3S. The minimum absolute atomic E-state index is 0.0411. The van der Waals surface area contributed by atoms with E-state index in [4.69, 9.17) is 16.3 Å². The summed E-state index contributed by atoms with van der Waals surface area (Å²) in [5, 5.41) is 15.4. The number of nitrogens with one attached hydrogen (secondary N) is 1. The van der Waals surface area contributed by atoms with Crippen molar-refractivity contribution < 1.29 is 14.6 Å². The van der Waals surface area contributed by atoms with Gasteiger partial charge in [0.15, 0.2) is 16.7 Å². The van der Waals surface area contributed by atoms with E-state index in [-0.39, 0.29) is 17.4 Å². The molecule has 168 valence electrons. The normalized spacial score (nSPS) is 11.2. The largest absolute Gasteiger partial charge is 0.504 e. The second kappa shape index (κ2) is 10.4. The third-order valence-corrected chi connectivity index (χ3v) is 6.23. The number of benzene rings is 3. The Morgan fingerprint density at radius 3 is 2.79 bits per heavy atom. The number of ether oxygens (including phenoxy) is 1. The standard InChI is InChI=1S/C24H21ClN4O3S/c1-32-21-12-6-8-16(23(21)31)13-26-28-22(30)15-33-24-27-19-10-4-5-11-20(19)29(24)14-17-7-2-3-9-18(17)25/h2-13,31H,14-15H2,1H3,(H,28,30). The monoisotopic (exact) mass is 480 g/mol. The molecule has 0 fully saturated rings. The van der Waals surface area contributed by atoms with Crippen molar-refractivity contribution in [3.05, 3.63) is 82.9 Å². The molecule has 0 spiro atoms. The summed E-state index contributed by atoms with van der Waals surface area (Å²) in [6, 6.07) is 20.5. The molecular weight excluding hydrogens is 460 g/mol. The SMILES string of the molecule is COc1cccc(C=NNC(=O)CSc2nc3ccccc3n2Cc2ccccc2Cl)c1O. The first-order chi connectivity index (χ1) is 16.1. The van der Waals surface area contributed by atoms with Crippen LogP contribution in [-0.2, 0) is 11.3 Å². The van der Waals surface area contributed by atoms with Gasteiger partial charge in [-0.25, -0.2) is 10.4 Å². The molecule has 4 aromatic rings. The molecule has 9 heteroatoms. The number of para-hydroxylation sites is 3. The third-order valence-electron chi connectivity index (χ3n) is 4.88. The van der Waals surface area contributed by atoms with E-state index in [2.05, 4.69) is 15.5 Å². The minimum Gasteiger partial charge on any atom is -0.504 e. The van der Waals surface area contributed by atoms with E-state index in [1.807, 2.05) is 53.1 Å². The number of phenols is 1. The van der Waals surface area contributed by atoms with Crippen LogP contribution in [0.5, 0.6) is 11.5 Å². The van der Waals surface area contributed by atoms with Gasteiger partial charge in [0.2, 0.25) is 0 Å². The van der Waals surface area contributed by atoms with Gasteiger partial charge in [-0.05, 0) is 35.9 Å². The fourth-order valence-electron chi connectivity index (χ4n) is 3.26. The van der Waals surface area contributed by atoms with Crippen LogP contribution in [0.1, 0.15) is 11.1 Å². The van der Waals surface area contributed by atoms with Crippen molar-refractivity contribution in [1.29, 1.82) is 0 Å². The van der Waals surface area contributed by atoms with Crippen LogP contribution < -0.4 is 10.2 Å². The molecule has 0 aliphatic carbocycles. The fraction of sp³-hybridized carbons (Fsp3) is 0.125. The van der Waals surface area contributed by atoms with Gasteiger partial charge < -0.3 is 14.4 Å². The molecule has 0 aliphatic heterocycles. The minimum atomic E-state index is -0.296. The summed E-state index contributed by atoms with van der Waals surface area (Å²) >= 11 is 7.68. The first-order valence-corrected chi connectivity index (χ1v) is 11.4. The topological polar surface area (TPSA) is 88.7 Å². The molecule has 0 bridgehead atoms. The smallest absolute Gasteiger partial charge is 0.250 e. The number of hydrogen-bond donors (Lipinski definition) is 2. The molecule has 2 N–H and O–H groups in total. The van der Waals surface area contributed by atoms with E-state index in [1.54, 1.807) is 18.2 Å². The van der Waals surface area contributed by atoms with Crippen molar-refractivity contribution in [2.45, 2.75) is 11.7 Å². The predicted molar refractivity (Wildman–Crippen MR) is 131 cm³/mol. The van der Waals surface area contributed by atoms with E-state index in [1.165, 1.54) is 25.1 Å². The highest BCUT2D eigenvalue weighted by Gasteiger charge is 2.14. The lowest BCUT2D eigenvalue weighted by Crippen LogP contribution is -2.20. The Labute approximate surface area is 200 Å². The van der Waals surface area contributed by atoms with Crippen LogP contribution in [0.15, 0.2) is 77.0 Å². The summed E-state index contributed by atoms with van der Waals surface area (Å²) in [5.41, 5.74) is 5.69. The molecule has 33 heavy (non-hydrogen) atoms. The highest BCUT2D eigenvalue weighted by molar-refractivity contribution is 7.99. The molecule has 0 saturated heterocycles. The van der Waals surface area contributed by atoms with Gasteiger partial charge in [-0.2, -0.15) is 5.10 Å². The predicted octanol–water partition coefficient (Wildman–Crippen LogP) is 4.69. The Morgan fingerprint density at radius 1 is 1.18 bits per heavy atom. The zero-order valence-electron chi connectivity index (χ0n) is 17.7. The van der Waals surface area contributed by atoms with Crippen molar-refractivity contribution in [1.82, 2.24) is 15.0 Å². The Hall–Kier alpha value is -3.49. The number of thioether (sulfide) groups is 1. The lowest BCUT2D eigenvalue weighted by atomic mass is 10.2. The maximum Gasteiger partial charge on any atom is 0.250 e. The number of nitrogens with zero attached hydrogens (tertiary/aromatic N) is 3. The number of hydrazone groups is 1. The van der Waals surface area contributed by atoms with Crippen LogP contribution in [-0.4, -0.2) is 39.6 Å². The number of amides is 1. The summed E-state index contributed by atoms with van der Waals surface area (Å²) in [6.07, 6.45) is 1.37. The molecule has 3 aromatic carbocycles. The van der Waals surface area contributed by atoms with Crippen molar-refractivity contribution in [3.8, 4) is 11.5 Å². The number of rotatable bonds is 8. The van der Waals surface area contributed by atoms with Crippen LogP contribution in [0, 0.1) is 0 Å². The molecule has 1 heterocycles. The summed E-state index contributed by atoms with van der Waals surface area (Å²) in [5.74, 6) is 0.113. The fourth-order valence-corrected chi connectivity index (χ4v) is 4.26. The Bertz CT molecular complexity index is 1320. The first-order valence-electron chi connectivity index (χ1n) is 10.1. The first kappa shape index (κ1) is 22.7. The number of carbonyl (C=O) groups excluding carboxylic acids is 1. The number of carbonyl (C=O) groups is 1. The number of aromatic nitrogens is 2. The van der Waals surface area contributed by atoms with Crippen LogP contribution in [0.3, 0.4) is 0 Å². The van der Waals surface area contributed by atoms with E-state index in [0.29, 0.717) is 28.0 Å². The second-order valence-corrected chi connectivity index (χ2v) is 8.39. The van der Waals surface area contributed by atoms with E-state index < -0.39 is 0 Å². The Balaban J connectivity index is 1.46. The molecule has 1 aromatic heterocycles. The van der Waals surface area contributed by atoms with Crippen LogP contribution in [0.2, 0.25) is 5.02 Å². The summed E-state index contributed by atoms with van der Waals surface area (Å²) in [7, 11) is 1.47. The highest BCUT2D eigenvalue weighted by Crippen LogP contribution is 2.28. The van der Waals surface area contributed by atoms with Gasteiger partial charge in [-0.3, -0.25) is 4.79 Å². The Kier molecular flexibility index (Phi) is 7.16. The maximum absolute atomic E-state index is 12.4. The third kappa shape index (κ3) is 5.30. The van der Waals surface area contributed by atoms with Gasteiger partial charge in [0.25, 0.3) is 5.91 Å². The van der Waals surface area contributed by atoms with Crippen molar-refractivity contribution >= 4 is 46.5 Å². The average Bonchev–Trinajstić information content (AvgIpc) is 3.17. The molecule has 0 unspecified atom stereocenters. The molecule has 0 aliphatic rings. The van der Waals surface area contributed by atoms with Crippen molar-refractivity contribution in [3.63, 3.8) is 0 Å². The molecule has 4 rings (SSSR count).